The van der Waals surface area contributed by atoms with Crippen LogP contribution in [-0.2, 0) is 24.2 Å². The number of carboxylic acid groups (broad SMARTS) is 1. The van der Waals surface area contributed by atoms with Crippen molar-refractivity contribution in [3.8, 4) is 22.8 Å². The number of pyridine rings is 1. The lowest BCUT2D eigenvalue weighted by atomic mass is 9.90. The van der Waals surface area contributed by atoms with E-state index >= 15 is 4.39 Å². The molecule has 1 saturated carbocycles. The number of likely N-dealkylation sites (tertiary alicyclic amines) is 1. The molecule has 3 aromatic rings. The van der Waals surface area contributed by atoms with Gasteiger partial charge in [0.2, 0.25) is 5.88 Å². The number of ether oxygens (including phenoxy) is 2. The zero-order chi connectivity index (χ0) is 27.9. The van der Waals surface area contributed by atoms with Crippen LogP contribution in [0, 0.1) is 17.2 Å². The molecule has 2 fully saturated rings. The third kappa shape index (κ3) is 5.57. The number of aryl methyl sites for hydroxylation is 1. The quantitative estimate of drug-likeness (QED) is 0.344. The van der Waals surface area contributed by atoms with Crippen LogP contribution in [0.5, 0.6) is 11.6 Å². The monoisotopic (exact) mass is 544 g/mol. The predicted molar refractivity (Wildman–Crippen MR) is 151 cm³/mol. The minimum Gasteiger partial charge on any atom is -0.485 e. The molecule has 1 N–H and O–H groups in total. The van der Waals surface area contributed by atoms with E-state index in [-0.39, 0.29) is 11.9 Å². The summed E-state index contributed by atoms with van der Waals surface area (Å²) in [5.41, 5.74) is 6.12. The Morgan fingerprint density at radius 3 is 2.83 bits per heavy atom. The summed E-state index contributed by atoms with van der Waals surface area (Å²) in [5.74, 6) is -0.397. The maximum atomic E-state index is 15.1. The lowest BCUT2D eigenvalue weighted by Crippen LogP contribution is -2.36. The Balaban J connectivity index is 1.31. The summed E-state index contributed by atoms with van der Waals surface area (Å²) in [5, 5.41) is 9.33. The molecule has 2 atom stereocenters. The molecular weight excluding hydrogens is 507 g/mol. The van der Waals surface area contributed by atoms with Crippen LogP contribution in [0.1, 0.15) is 67.4 Å². The van der Waals surface area contributed by atoms with Crippen molar-refractivity contribution >= 4 is 5.97 Å². The molecule has 1 aliphatic carbocycles. The molecule has 1 spiro atoms. The lowest BCUT2D eigenvalue weighted by molar-refractivity contribution is -0.141. The molecule has 2 aliphatic heterocycles. The first kappa shape index (κ1) is 26.8. The highest BCUT2D eigenvalue weighted by molar-refractivity contribution is 5.70. The topological polar surface area (TPSA) is 71.9 Å². The fourth-order valence-electron chi connectivity index (χ4n) is 6.43. The first-order valence-electron chi connectivity index (χ1n) is 14.4. The molecule has 0 bridgehead atoms. The van der Waals surface area contributed by atoms with Gasteiger partial charge in [-0.15, -0.1) is 0 Å². The Morgan fingerprint density at radius 1 is 1.20 bits per heavy atom. The highest BCUT2D eigenvalue weighted by Gasteiger charge is 2.45. The van der Waals surface area contributed by atoms with Gasteiger partial charge in [0.05, 0.1) is 19.2 Å². The fourth-order valence-corrected chi connectivity index (χ4v) is 6.43. The first-order valence-corrected chi connectivity index (χ1v) is 14.4. The molecule has 3 aliphatic rings. The van der Waals surface area contributed by atoms with Crippen molar-refractivity contribution in [2.45, 2.75) is 64.5 Å². The third-order valence-corrected chi connectivity index (χ3v) is 8.96. The van der Waals surface area contributed by atoms with E-state index in [0.717, 1.165) is 66.0 Å². The van der Waals surface area contributed by atoms with Crippen molar-refractivity contribution in [2.24, 2.45) is 11.3 Å². The van der Waals surface area contributed by atoms with Crippen LogP contribution >= 0.6 is 0 Å². The van der Waals surface area contributed by atoms with Crippen LogP contribution in [0.25, 0.3) is 11.1 Å². The van der Waals surface area contributed by atoms with Crippen LogP contribution < -0.4 is 9.47 Å². The van der Waals surface area contributed by atoms with Gasteiger partial charge in [-0.1, -0.05) is 37.3 Å². The number of carbonyl (C=O) groups is 1. The number of methoxy groups -OCH3 is 1. The van der Waals surface area contributed by atoms with Crippen LogP contribution in [0.15, 0.2) is 48.7 Å². The number of nitrogens with zero attached hydrogens (tertiary/aromatic N) is 2. The lowest BCUT2D eigenvalue weighted by Gasteiger charge is -2.34. The van der Waals surface area contributed by atoms with Crippen molar-refractivity contribution in [1.82, 2.24) is 9.88 Å². The van der Waals surface area contributed by atoms with Gasteiger partial charge in [0.15, 0.2) is 0 Å². The minimum absolute atomic E-state index is 0.125. The van der Waals surface area contributed by atoms with Crippen molar-refractivity contribution < 1.29 is 23.8 Å². The van der Waals surface area contributed by atoms with Gasteiger partial charge >= 0.3 is 5.97 Å². The van der Waals surface area contributed by atoms with Gasteiger partial charge in [-0.2, -0.15) is 0 Å². The average molecular weight is 545 g/mol. The number of hydrogen-bond acceptors (Lipinski definition) is 5. The maximum absolute atomic E-state index is 15.1. The maximum Gasteiger partial charge on any atom is 0.306 e. The number of halogens is 1. The average Bonchev–Trinajstić information content (AvgIpc) is 3.70. The van der Waals surface area contributed by atoms with E-state index in [1.807, 2.05) is 18.2 Å². The zero-order valence-electron chi connectivity index (χ0n) is 23.3. The van der Waals surface area contributed by atoms with Crippen LogP contribution in [0.4, 0.5) is 4.39 Å². The van der Waals surface area contributed by atoms with Gasteiger partial charge in [0.1, 0.15) is 17.7 Å². The van der Waals surface area contributed by atoms with Gasteiger partial charge in [-0.25, -0.2) is 9.37 Å². The van der Waals surface area contributed by atoms with Gasteiger partial charge in [0.25, 0.3) is 0 Å². The van der Waals surface area contributed by atoms with E-state index in [1.54, 1.807) is 20.1 Å². The first-order chi connectivity index (χ1) is 19.3. The third-order valence-electron chi connectivity index (χ3n) is 8.96. The number of piperidine rings is 1. The van der Waals surface area contributed by atoms with E-state index in [4.69, 9.17) is 9.47 Å². The number of aromatic nitrogens is 1. The van der Waals surface area contributed by atoms with Gasteiger partial charge in [-0.05, 0) is 90.8 Å². The Morgan fingerprint density at radius 2 is 2.05 bits per heavy atom. The van der Waals surface area contributed by atoms with Crippen molar-refractivity contribution in [2.75, 3.05) is 20.2 Å². The predicted octanol–water partition coefficient (Wildman–Crippen LogP) is 6.60. The zero-order valence-corrected chi connectivity index (χ0v) is 23.3. The summed E-state index contributed by atoms with van der Waals surface area (Å²) < 4.78 is 26.9. The number of rotatable bonds is 8. The van der Waals surface area contributed by atoms with Crippen LogP contribution in [0.2, 0.25) is 0 Å². The molecule has 0 amide bonds. The van der Waals surface area contributed by atoms with E-state index in [2.05, 4.69) is 28.1 Å². The molecule has 0 radical (unpaired) electrons. The molecule has 210 valence electrons. The number of hydrogen-bond donors (Lipinski definition) is 1. The van der Waals surface area contributed by atoms with Gasteiger partial charge in [0, 0.05) is 24.7 Å². The van der Waals surface area contributed by atoms with E-state index in [9.17, 15) is 9.90 Å². The Bertz CT molecular complexity index is 1420. The largest absolute Gasteiger partial charge is 0.485 e. The molecule has 1 aromatic heterocycles. The standard InChI is InChI=1S/C33H37FN2O4/c1-21(32(37)38)14-22-4-5-23-7-9-29(40-30(23)15-22)24-6-8-26(27-17-31(39-2)35-18-28(27)34)25(16-24)19-36-13-3-10-33(20-36)11-12-33/h4-6,8,15-18,21,29H,3,7,9-14,19-20H2,1-2H3,(H,37,38)/t21?,29-/m0/s1. The normalized spacial score (nSPS) is 20.4. The van der Waals surface area contributed by atoms with Crippen molar-refractivity contribution in [3.05, 3.63) is 76.7 Å². The van der Waals surface area contributed by atoms with Gasteiger partial charge < -0.3 is 14.6 Å². The summed E-state index contributed by atoms with van der Waals surface area (Å²) in [6, 6.07) is 14.0. The number of fused-ring (bicyclic) bond motifs is 1. The van der Waals surface area contributed by atoms with Crippen molar-refractivity contribution in [3.63, 3.8) is 0 Å². The molecule has 40 heavy (non-hydrogen) atoms. The molecule has 2 aromatic carbocycles. The molecule has 1 unspecified atom stereocenters. The number of benzene rings is 2. The second kappa shape index (κ2) is 10.8. The summed E-state index contributed by atoms with van der Waals surface area (Å²) in [7, 11) is 1.54. The summed E-state index contributed by atoms with van der Waals surface area (Å²) >= 11 is 0. The number of aliphatic carboxylic acids is 1. The summed E-state index contributed by atoms with van der Waals surface area (Å²) in [4.78, 5) is 17.9. The van der Waals surface area contributed by atoms with E-state index in [1.165, 1.54) is 31.9 Å². The van der Waals surface area contributed by atoms with Crippen molar-refractivity contribution in [1.29, 1.82) is 0 Å². The molecule has 6 nitrogen and oxygen atoms in total. The molecule has 7 heteroatoms. The van der Waals surface area contributed by atoms with E-state index < -0.39 is 11.9 Å². The second-order valence-corrected chi connectivity index (χ2v) is 12.0. The summed E-state index contributed by atoms with van der Waals surface area (Å²) in [6.07, 6.45) is 8.46. The van der Waals surface area contributed by atoms with Crippen LogP contribution in [-0.4, -0.2) is 41.2 Å². The smallest absolute Gasteiger partial charge is 0.306 e. The highest BCUT2D eigenvalue weighted by atomic mass is 19.1. The Kier molecular flexibility index (Phi) is 7.26. The van der Waals surface area contributed by atoms with Crippen LogP contribution in [0.3, 0.4) is 0 Å². The molecule has 6 rings (SSSR count). The Hall–Kier alpha value is -3.45. The molecular formula is C33H37FN2O4. The van der Waals surface area contributed by atoms with Gasteiger partial charge in [-0.3, -0.25) is 9.69 Å². The second-order valence-electron chi connectivity index (χ2n) is 12.0. The van der Waals surface area contributed by atoms with E-state index in [0.29, 0.717) is 23.3 Å². The SMILES string of the molecule is COc1cc(-c2ccc([C@@H]3CCc4ccc(CC(C)C(=O)O)cc4O3)cc2CN2CCCC3(CC3)C2)c(F)cn1. The number of carboxylic acids is 1. The fraction of sp³-hybridized carbons (Fsp3) is 0.455. The summed E-state index contributed by atoms with van der Waals surface area (Å²) in [6.45, 7) is 4.64. The molecule has 1 saturated heterocycles. The Labute approximate surface area is 235 Å². The molecule has 3 heterocycles. The minimum atomic E-state index is -0.797. The highest BCUT2D eigenvalue weighted by Crippen LogP contribution is 2.52.